The highest BCUT2D eigenvalue weighted by atomic mass is 16.6. The summed E-state index contributed by atoms with van der Waals surface area (Å²) in [6, 6.07) is 12.3. The van der Waals surface area contributed by atoms with Gasteiger partial charge in [-0.15, -0.1) is 0 Å². The van der Waals surface area contributed by atoms with Crippen molar-refractivity contribution < 1.29 is 14.5 Å². The molecular formula is C22H26N2O4. The van der Waals surface area contributed by atoms with Gasteiger partial charge in [0.25, 0.3) is 5.69 Å². The van der Waals surface area contributed by atoms with Gasteiger partial charge >= 0.3 is 0 Å². The predicted molar refractivity (Wildman–Crippen MR) is 107 cm³/mol. The number of amides is 1. The zero-order chi connectivity index (χ0) is 20.5. The van der Waals surface area contributed by atoms with Crippen LogP contribution in [0.1, 0.15) is 43.0 Å². The van der Waals surface area contributed by atoms with Crippen molar-refractivity contribution in [1.29, 1.82) is 0 Å². The average molecular weight is 382 g/mol. The first-order valence-electron chi connectivity index (χ1n) is 9.39. The lowest BCUT2D eigenvalue weighted by Gasteiger charge is -2.45. The van der Waals surface area contributed by atoms with Gasteiger partial charge < -0.3 is 9.64 Å². The van der Waals surface area contributed by atoms with E-state index in [4.69, 9.17) is 4.74 Å². The van der Waals surface area contributed by atoms with Gasteiger partial charge in [0.15, 0.2) is 0 Å². The van der Waals surface area contributed by atoms with Crippen LogP contribution in [0.3, 0.4) is 0 Å². The summed E-state index contributed by atoms with van der Waals surface area (Å²) in [6.07, 6.45) is 2.03. The summed E-state index contributed by atoms with van der Waals surface area (Å²) in [5.41, 5.74) is 2.73. The first-order chi connectivity index (χ1) is 13.2. The lowest BCUT2D eigenvalue weighted by Crippen LogP contribution is -2.43. The smallest absolute Gasteiger partial charge is 0.269 e. The van der Waals surface area contributed by atoms with Gasteiger partial charge in [-0.3, -0.25) is 14.9 Å². The van der Waals surface area contributed by atoms with E-state index in [1.165, 1.54) is 0 Å². The summed E-state index contributed by atoms with van der Waals surface area (Å²) in [5, 5.41) is 11.3. The molecule has 1 amide bonds. The van der Waals surface area contributed by atoms with E-state index in [1.54, 1.807) is 31.2 Å². The number of carbonyl (C=O) groups is 1. The summed E-state index contributed by atoms with van der Waals surface area (Å²) in [7, 11) is 3.39. The Labute approximate surface area is 165 Å². The third kappa shape index (κ3) is 3.86. The van der Waals surface area contributed by atoms with Gasteiger partial charge in [-0.2, -0.15) is 0 Å². The number of nitro benzene ring substituents is 1. The zero-order valence-electron chi connectivity index (χ0n) is 16.8. The summed E-state index contributed by atoms with van der Waals surface area (Å²) in [4.78, 5) is 25.7. The van der Waals surface area contributed by atoms with Crippen LogP contribution in [0.4, 0.5) is 5.69 Å². The number of nitrogens with zero attached hydrogens (tertiary/aromatic N) is 2. The fourth-order valence-corrected chi connectivity index (χ4v) is 4.15. The minimum atomic E-state index is -0.378. The molecule has 28 heavy (non-hydrogen) atoms. The lowest BCUT2D eigenvalue weighted by atomic mass is 9.69. The number of ether oxygens (including phenoxy) is 1. The molecule has 1 aliphatic rings. The van der Waals surface area contributed by atoms with Crippen LogP contribution in [0.2, 0.25) is 0 Å². The van der Waals surface area contributed by atoms with Crippen molar-refractivity contribution in [3.63, 3.8) is 0 Å². The van der Waals surface area contributed by atoms with Gasteiger partial charge in [0.05, 0.1) is 24.5 Å². The number of rotatable bonds is 5. The number of hydrogen-bond acceptors (Lipinski definition) is 4. The Balaban J connectivity index is 1.92. The van der Waals surface area contributed by atoms with Crippen molar-refractivity contribution in [1.82, 2.24) is 4.90 Å². The van der Waals surface area contributed by atoms with Crippen molar-refractivity contribution in [3.05, 3.63) is 69.3 Å². The molecule has 2 aromatic rings. The first kappa shape index (κ1) is 19.9. The normalized spacial score (nSPS) is 17.5. The molecular weight excluding hydrogens is 356 g/mol. The SMILES string of the molecule is COc1cccc(CC(=O)N(C)C2c3cc([N+](=O)[O-])ccc3CCC2(C)C)c1. The Morgan fingerprint density at radius 3 is 2.71 bits per heavy atom. The molecule has 2 aromatic carbocycles. The Morgan fingerprint density at radius 2 is 2.04 bits per heavy atom. The minimum absolute atomic E-state index is 0.0225. The first-order valence-corrected chi connectivity index (χ1v) is 9.39. The summed E-state index contributed by atoms with van der Waals surface area (Å²) in [5.74, 6) is 0.692. The van der Waals surface area contributed by atoms with E-state index in [2.05, 4.69) is 13.8 Å². The molecule has 0 fully saturated rings. The second-order valence-corrected chi connectivity index (χ2v) is 8.06. The number of aryl methyl sites for hydroxylation is 1. The van der Waals surface area contributed by atoms with Crippen LogP contribution in [0.5, 0.6) is 5.75 Å². The van der Waals surface area contributed by atoms with E-state index in [0.29, 0.717) is 5.75 Å². The Morgan fingerprint density at radius 1 is 1.29 bits per heavy atom. The summed E-state index contributed by atoms with van der Waals surface area (Å²) in [6.45, 7) is 4.24. The van der Waals surface area contributed by atoms with Crippen LogP contribution in [-0.4, -0.2) is 29.9 Å². The van der Waals surface area contributed by atoms with Crippen LogP contribution in [0.25, 0.3) is 0 Å². The Kier molecular flexibility index (Phi) is 5.40. The number of carbonyl (C=O) groups excluding carboxylic acids is 1. The number of non-ortho nitro benzene ring substituents is 1. The topological polar surface area (TPSA) is 72.7 Å². The summed E-state index contributed by atoms with van der Waals surface area (Å²) < 4.78 is 5.24. The Hall–Kier alpha value is -2.89. The molecule has 0 heterocycles. The lowest BCUT2D eigenvalue weighted by molar-refractivity contribution is -0.385. The number of benzene rings is 2. The van der Waals surface area contributed by atoms with Crippen LogP contribution in [0.15, 0.2) is 42.5 Å². The molecule has 1 atom stereocenters. The molecule has 0 radical (unpaired) electrons. The predicted octanol–water partition coefficient (Wildman–Crippen LogP) is 4.32. The number of likely N-dealkylation sites (N-methyl/N-ethyl adjacent to an activating group) is 1. The second kappa shape index (κ2) is 7.62. The van der Waals surface area contributed by atoms with Gasteiger partial charge in [0.1, 0.15) is 5.75 Å². The van der Waals surface area contributed by atoms with Crippen molar-refractivity contribution in [3.8, 4) is 5.75 Å². The van der Waals surface area contributed by atoms with Gasteiger partial charge in [0.2, 0.25) is 5.91 Å². The van der Waals surface area contributed by atoms with E-state index in [9.17, 15) is 14.9 Å². The van der Waals surface area contributed by atoms with Crippen LogP contribution in [0, 0.1) is 15.5 Å². The highest BCUT2D eigenvalue weighted by Crippen LogP contribution is 2.47. The number of methoxy groups -OCH3 is 1. The zero-order valence-corrected chi connectivity index (χ0v) is 16.8. The molecule has 3 rings (SSSR count). The maximum absolute atomic E-state index is 13.1. The third-order valence-corrected chi connectivity index (χ3v) is 5.68. The quantitative estimate of drug-likeness (QED) is 0.570. The van der Waals surface area contributed by atoms with Crippen LogP contribution >= 0.6 is 0 Å². The molecule has 0 saturated heterocycles. The molecule has 6 heteroatoms. The van der Waals surface area contributed by atoms with Crippen molar-refractivity contribution in [2.75, 3.05) is 14.2 Å². The van der Waals surface area contributed by atoms with Crippen molar-refractivity contribution in [2.24, 2.45) is 5.41 Å². The molecule has 0 aliphatic heterocycles. The van der Waals surface area contributed by atoms with E-state index in [-0.39, 0.29) is 34.4 Å². The van der Waals surface area contributed by atoms with Crippen LogP contribution < -0.4 is 4.74 Å². The minimum Gasteiger partial charge on any atom is -0.497 e. The van der Waals surface area contributed by atoms with Crippen molar-refractivity contribution in [2.45, 2.75) is 39.2 Å². The highest BCUT2D eigenvalue weighted by Gasteiger charge is 2.40. The molecule has 0 bridgehead atoms. The molecule has 1 unspecified atom stereocenters. The monoisotopic (exact) mass is 382 g/mol. The van der Waals surface area contributed by atoms with Gasteiger partial charge in [0, 0.05) is 19.2 Å². The molecule has 1 aliphatic carbocycles. The standard InChI is InChI=1S/C22H26N2O4/c1-22(2)11-10-16-8-9-17(24(26)27)14-19(16)21(22)23(3)20(25)13-15-6-5-7-18(12-15)28-4/h5-9,12,14,21H,10-11,13H2,1-4H3. The van der Waals surface area contributed by atoms with E-state index in [0.717, 1.165) is 29.5 Å². The molecule has 6 nitrogen and oxygen atoms in total. The largest absolute Gasteiger partial charge is 0.497 e. The maximum Gasteiger partial charge on any atom is 0.269 e. The number of hydrogen-bond donors (Lipinski definition) is 0. The van der Waals surface area contributed by atoms with Gasteiger partial charge in [-0.25, -0.2) is 0 Å². The van der Waals surface area contributed by atoms with Gasteiger partial charge in [-0.05, 0) is 47.1 Å². The van der Waals surface area contributed by atoms with E-state index >= 15 is 0 Å². The highest BCUT2D eigenvalue weighted by molar-refractivity contribution is 5.79. The number of nitro groups is 1. The molecule has 0 N–H and O–H groups in total. The summed E-state index contributed by atoms with van der Waals surface area (Å²) >= 11 is 0. The average Bonchev–Trinajstić information content (AvgIpc) is 2.66. The molecule has 0 saturated carbocycles. The maximum atomic E-state index is 13.1. The molecule has 148 valence electrons. The Bertz CT molecular complexity index is 907. The molecule has 0 spiro atoms. The van der Waals surface area contributed by atoms with Crippen molar-refractivity contribution >= 4 is 11.6 Å². The fraction of sp³-hybridized carbons (Fsp3) is 0.409. The second-order valence-electron chi connectivity index (χ2n) is 8.06. The molecule has 0 aromatic heterocycles. The third-order valence-electron chi connectivity index (χ3n) is 5.68. The van der Waals surface area contributed by atoms with Gasteiger partial charge in [-0.1, -0.05) is 32.0 Å². The fourth-order valence-electron chi connectivity index (χ4n) is 4.15. The number of fused-ring (bicyclic) bond motifs is 1. The van der Waals surface area contributed by atoms with Crippen LogP contribution in [-0.2, 0) is 17.6 Å². The van der Waals surface area contributed by atoms with E-state index < -0.39 is 0 Å². The van der Waals surface area contributed by atoms with E-state index in [1.807, 2.05) is 30.3 Å².